The number of nitrogens with one attached hydrogen (secondary N) is 8. The zero-order chi connectivity index (χ0) is 58.0. The molecule has 5 heterocycles. The van der Waals surface area contributed by atoms with Crippen molar-refractivity contribution in [3.8, 4) is 5.75 Å². The van der Waals surface area contributed by atoms with Crippen molar-refractivity contribution in [2.45, 2.75) is 120 Å². The molecule has 0 saturated carbocycles. The van der Waals surface area contributed by atoms with Gasteiger partial charge in [-0.2, -0.15) is 0 Å². The summed E-state index contributed by atoms with van der Waals surface area (Å²) in [6.07, 6.45) is -1.01. The number of benzene rings is 1. The van der Waals surface area contributed by atoms with Crippen LogP contribution in [0.1, 0.15) is 78.2 Å². The van der Waals surface area contributed by atoms with Crippen LogP contribution < -0.4 is 41.7 Å². The zero-order valence-corrected chi connectivity index (χ0v) is 45.6. The van der Waals surface area contributed by atoms with Gasteiger partial charge in [-0.15, -0.1) is 11.8 Å². The van der Waals surface area contributed by atoms with Crippen molar-refractivity contribution in [3.63, 3.8) is 0 Å². The van der Waals surface area contributed by atoms with Crippen molar-refractivity contribution in [1.29, 1.82) is 0 Å². The second kappa shape index (κ2) is 26.6. The Hall–Kier alpha value is -7.20. The molecule has 6 rings (SSSR count). The molecule has 430 valence electrons. The van der Waals surface area contributed by atoms with Gasteiger partial charge in [0.1, 0.15) is 24.2 Å². The number of thioether (sulfide) groups is 1. The molecule has 0 unspecified atom stereocenters. The summed E-state index contributed by atoms with van der Waals surface area (Å²) in [6, 6.07) is -5.12. The van der Waals surface area contributed by atoms with E-state index in [2.05, 4.69) is 42.2 Å². The van der Waals surface area contributed by atoms with E-state index >= 15 is 0 Å². The minimum absolute atomic E-state index is 0.0343. The van der Waals surface area contributed by atoms with E-state index in [0.717, 1.165) is 46.9 Å². The van der Waals surface area contributed by atoms with E-state index < -0.39 is 183 Å². The third kappa shape index (κ3) is 15.8. The van der Waals surface area contributed by atoms with Crippen LogP contribution in [-0.2, 0) is 73.3 Å². The molecule has 79 heavy (non-hydrogen) atoms. The summed E-state index contributed by atoms with van der Waals surface area (Å²) in [7, 11) is -4.36. The first-order valence-electron chi connectivity index (χ1n) is 25.5. The van der Waals surface area contributed by atoms with Crippen LogP contribution in [-0.4, -0.2) is 176 Å². The first kappa shape index (κ1) is 61.0. The van der Waals surface area contributed by atoms with Crippen LogP contribution in [0.25, 0.3) is 10.9 Å². The van der Waals surface area contributed by atoms with Gasteiger partial charge in [0.15, 0.2) is 11.5 Å². The molecule has 1 aromatic carbocycles. The summed E-state index contributed by atoms with van der Waals surface area (Å²) in [6.45, 7) is 4.73. The number of aliphatic hydroxyl groups excluding tert-OH is 1. The summed E-state index contributed by atoms with van der Waals surface area (Å²) >= 11 is 0.831. The fourth-order valence-corrected chi connectivity index (χ4v) is 10.9. The first-order chi connectivity index (χ1) is 37.3. The molecule has 2 aromatic rings. The Morgan fingerprint density at radius 2 is 1.48 bits per heavy atom. The summed E-state index contributed by atoms with van der Waals surface area (Å²) in [4.78, 5) is 190. The van der Waals surface area contributed by atoms with Gasteiger partial charge in [0.2, 0.25) is 47.3 Å². The van der Waals surface area contributed by atoms with Gasteiger partial charge in [0.05, 0.1) is 55.0 Å². The molecule has 4 aliphatic heterocycles. The number of anilines is 1. The van der Waals surface area contributed by atoms with Gasteiger partial charge < -0.3 is 61.5 Å². The van der Waals surface area contributed by atoms with Gasteiger partial charge >= 0.3 is 13.8 Å². The van der Waals surface area contributed by atoms with Gasteiger partial charge in [0, 0.05) is 67.6 Å². The number of nitrogens with zero attached hydrogens (tertiary/aromatic N) is 2. The van der Waals surface area contributed by atoms with Crippen molar-refractivity contribution in [1.82, 2.24) is 46.7 Å². The number of ether oxygens (including phenoxy) is 1. The highest BCUT2D eigenvalue weighted by Crippen LogP contribution is 2.45. The first-order valence-corrected chi connectivity index (χ1v) is 28.0. The highest BCUT2D eigenvalue weighted by atomic mass is 32.2. The zero-order valence-electron chi connectivity index (χ0n) is 43.9. The smallest absolute Gasteiger partial charge is 0.469 e. The minimum atomic E-state index is -5.39. The largest absolute Gasteiger partial charge is 0.524 e. The van der Waals surface area contributed by atoms with Gasteiger partial charge in [-0.3, -0.25) is 72.2 Å². The van der Waals surface area contributed by atoms with E-state index in [9.17, 15) is 77.0 Å². The maximum Gasteiger partial charge on any atom is 0.524 e. The third-order valence-corrected chi connectivity index (χ3v) is 15.6. The summed E-state index contributed by atoms with van der Waals surface area (Å²) < 4.78 is 22.3. The number of amides is 10. The lowest BCUT2D eigenvalue weighted by atomic mass is 9.86. The van der Waals surface area contributed by atoms with Crippen LogP contribution >= 0.6 is 19.6 Å². The normalized spacial score (nSPS) is 25.0. The Bertz CT molecular complexity index is 2840. The lowest BCUT2D eigenvalue weighted by Crippen LogP contribution is -2.59. The van der Waals surface area contributed by atoms with E-state index in [1.165, 1.54) is 6.07 Å². The maximum absolute atomic E-state index is 14.8. The Morgan fingerprint density at radius 3 is 2.13 bits per heavy atom. The number of carbonyl (C=O) groups is 12. The second-order valence-electron chi connectivity index (χ2n) is 19.7. The van der Waals surface area contributed by atoms with Crippen molar-refractivity contribution in [2.24, 2.45) is 17.8 Å². The van der Waals surface area contributed by atoms with E-state index in [1.54, 1.807) is 27.7 Å². The van der Waals surface area contributed by atoms with Gasteiger partial charge in [0.25, 0.3) is 11.8 Å². The van der Waals surface area contributed by atoms with Gasteiger partial charge in [-0.05, 0) is 36.3 Å². The SMILES string of the molecule is CC[C@H](C)[C@@H]1NC(=O)[C@@H]2C[C@@H](O)CN2C(=O)[C@H](CC(=O)OC)NC(=O)[C@@H]2CSc3[nH]c4cc(OP(=O)(O)O)c(NC(=O)CCCN5C(=O)C=CC5=O)cc4c3C[C@H](CC1=O)C(=O)NCC(=O)N[C@@H]([C@@H](C)CC)C(=O)NCC(=O)N2. The monoisotopic (exact) mass is 1140 g/mol. The standard InChI is InChI=1S/C49H65N10O18PS/c1-6-23(3)42-34(61)14-25-13-28-27-16-30(52-36(62)9-8-12-58-39(65)10-11-40(58)66)35(77-78(73,74)75)17-29(27)55-48(28)79-22-32(53-37(63)19-51-47(71)43(24(4)7-2)56-38(64)20-50-44(25)68)45(69)54-31(18-41(67)76-5)49(72)59-21-26(60)15-33(59)46(70)57-42/h10-11,16-17,23-26,31-33,42-43,55,60H,6-9,12-15,18-22H2,1-5H3,(H,50,68)(H,51,71)(H,52,62)(H,53,63)(H,54,69)(H,56,64)(H,57,70)(H2,73,74,75)/t23-,24-,25+,26+,31-,32-,33-,42-,43-/m0/s1. The maximum atomic E-state index is 14.8. The van der Waals surface area contributed by atoms with Crippen LogP contribution in [0.4, 0.5) is 5.69 Å². The predicted octanol–water partition coefficient (Wildman–Crippen LogP) is -1.69. The number of methoxy groups -OCH3 is 1. The summed E-state index contributed by atoms with van der Waals surface area (Å²) in [5.74, 6) is -13.6. The van der Waals surface area contributed by atoms with Crippen LogP contribution in [0.3, 0.4) is 0 Å². The Balaban J connectivity index is 1.54. The fraction of sp³-hybridized carbons (Fsp3) is 0.551. The number of hydrogen-bond donors (Lipinski definition) is 11. The molecule has 10 amide bonds. The number of rotatable bonds is 13. The van der Waals surface area contributed by atoms with E-state index in [0.29, 0.717) is 12.8 Å². The van der Waals surface area contributed by atoms with E-state index in [4.69, 9.17) is 9.26 Å². The van der Waals surface area contributed by atoms with Crippen molar-refractivity contribution in [2.75, 3.05) is 44.4 Å². The molecule has 0 radical (unpaired) electrons. The average Bonchev–Trinajstić information content (AvgIpc) is 4.29. The number of imide groups is 1. The van der Waals surface area contributed by atoms with Gasteiger partial charge in [-0.1, -0.05) is 40.5 Å². The molecule has 0 aliphatic carbocycles. The molecule has 9 atom stereocenters. The highest BCUT2D eigenvalue weighted by molar-refractivity contribution is 7.99. The van der Waals surface area contributed by atoms with E-state index in [-0.39, 0.29) is 53.0 Å². The highest BCUT2D eigenvalue weighted by Gasteiger charge is 2.44. The number of ketones is 1. The van der Waals surface area contributed by atoms with Crippen LogP contribution in [0.5, 0.6) is 5.75 Å². The summed E-state index contributed by atoms with van der Waals surface area (Å²) in [5, 5.41) is 28.9. The number of phosphoric ester groups is 1. The number of Topliss-reactive ketones (excluding diaryl/α,β-unsaturated/α-hetero) is 1. The quantitative estimate of drug-likeness (QED) is 0.0605. The molecule has 2 bridgehead atoms. The van der Waals surface area contributed by atoms with Crippen molar-refractivity contribution in [3.05, 3.63) is 29.8 Å². The van der Waals surface area contributed by atoms with Crippen LogP contribution in [0.2, 0.25) is 0 Å². The summed E-state index contributed by atoms with van der Waals surface area (Å²) in [5.41, 5.74) is -0.108. The number of aromatic amines is 1. The molecule has 1 fully saturated rings. The Labute approximate surface area is 456 Å². The number of aliphatic hydroxyl groups is 1. The number of esters is 1. The number of H-pyrrole nitrogens is 1. The van der Waals surface area contributed by atoms with Gasteiger partial charge in [-0.25, -0.2) is 4.57 Å². The van der Waals surface area contributed by atoms with Crippen molar-refractivity contribution < 1.29 is 86.3 Å². The van der Waals surface area contributed by atoms with Crippen LogP contribution in [0.15, 0.2) is 29.3 Å². The Morgan fingerprint density at radius 1 is 0.835 bits per heavy atom. The predicted molar refractivity (Wildman–Crippen MR) is 278 cm³/mol. The number of fused-ring (bicyclic) bond motifs is 5. The minimum Gasteiger partial charge on any atom is -0.469 e. The van der Waals surface area contributed by atoms with Crippen molar-refractivity contribution >= 4 is 107 Å². The fourth-order valence-electron chi connectivity index (χ4n) is 9.38. The lowest BCUT2D eigenvalue weighted by molar-refractivity contribution is -0.148. The van der Waals surface area contributed by atoms with Crippen LogP contribution in [0, 0.1) is 17.8 Å². The molecule has 1 aromatic heterocycles. The lowest BCUT2D eigenvalue weighted by Gasteiger charge is -2.31. The molecule has 4 aliphatic rings. The molecule has 28 nitrogen and oxygen atoms in total. The second-order valence-corrected chi connectivity index (χ2v) is 21.9. The molecular formula is C49H65N10O18PS. The molecular weight excluding hydrogens is 1080 g/mol. The number of carbonyl (C=O) groups excluding carboxylic acids is 12. The molecule has 1 saturated heterocycles. The molecule has 0 spiro atoms. The Kier molecular flexibility index (Phi) is 20.6. The average molecular weight is 1150 g/mol. The third-order valence-electron chi connectivity index (χ3n) is 14.1. The molecule has 30 heteroatoms. The number of hydrogen-bond acceptors (Lipinski definition) is 17. The number of aromatic nitrogens is 1. The van der Waals surface area contributed by atoms with E-state index in [1.807, 2.05) is 0 Å². The molecule has 11 N–H and O–H groups in total. The number of phosphoric acid groups is 1. The topological polar surface area (TPSA) is 408 Å².